The fraction of sp³-hybridized carbons (Fsp3) is 0.217. The van der Waals surface area contributed by atoms with E-state index in [0.29, 0.717) is 17.5 Å². The highest BCUT2D eigenvalue weighted by Crippen LogP contribution is 2.26. The molecule has 0 aliphatic heterocycles. The zero-order valence-electron chi connectivity index (χ0n) is 17.0. The molecular weight excluding hydrogens is 398 g/mol. The van der Waals surface area contributed by atoms with Crippen LogP contribution in [-0.4, -0.2) is 27.9 Å². The molecule has 0 unspecified atom stereocenters. The standard InChI is InChI=1S/C23H23N3O5/c1-2-13-26-20(24)19(21(28)25-23(26)30)17(27)14-31-22(29)18(15-9-5-3-6-10-15)16-11-7-4-8-12-16/h3-12,18H,2,13-14,24H2,1H3,(H,25,28,30). The molecule has 31 heavy (non-hydrogen) atoms. The number of benzene rings is 2. The minimum atomic E-state index is -0.904. The SMILES string of the molecule is CCCn1c(N)c(C(=O)COC(=O)C(c2ccccc2)c2ccccc2)c(=O)[nH]c1=O. The van der Waals surface area contributed by atoms with Gasteiger partial charge >= 0.3 is 11.7 Å². The number of Topliss-reactive ketones (excluding diaryl/α,β-unsaturated/α-hetero) is 1. The van der Waals surface area contributed by atoms with Crippen molar-refractivity contribution < 1.29 is 14.3 Å². The van der Waals surface area contributed by atoms with Crippen LogP contribution in [-0.2, 0) is 16.1 Å². The highest BCUT2D eigenvalue weighted by molar-refractivity contribution is 6.01. The summed E-state index contributed by atoms with van der Waals surface area (Å²) in [7, 11) is 0. The summed E-state index contributed by atoms with van der Waals surface area (Å²) in [5, 5.41) is 0. The highest BCUT2D eigenvalue weighted by Gasteiger charge is 2.26. The van der Waals surface area contributed by atoms with E-state index in [2.05, 4.69) is 4.98 Å². The summed E-state index contributed by atoms with van der Waals surface area (Å²) in [6.07, 6.45) is 0.578. The summed E-state index contributed by atoms with van der Waals surface area (Å²) in [6, 6.07) is 18.1. The summed E-state index contributed by atoms with van der Waals surface area (Å²) < 4.78 is 6.40. The van der Waals surface area contributed by atoms with Crippen LogP contribution < -0.4 is 17.0 Å². The average molecular weight is 421 g/mol. The van der Waals surface area contributed by atoms with E-state index < -0.39 is 41.1 Å². The summed E-state index contributed by atoms with van der Waals surface area (Å²) in [5.41, 5.74) is 5.33. The van der Waals surface area contributed by atoms with Gasteiger partial charge in [-0.25, -0.2) is 4.79 Å². The molecule has 3 rings (SSSR count). The molecule has 0 amide bonds. The van der Waals surface area contributed by atoms with E-state index >= 15 is 0 Å². The van der Waals surface area contributed by atoms with Crippen molar-refractivity contribution in [2.75, 3.05) is 12.3 Å². The number of hydrogen-bond acceptors (Lipinski definition) is 6. The molecule has 0 saturated carbocycles. The number of rotatable bonds is 8. The minimum absolute atomic E-state index is 0.237. The second-order valence-corrected chi connectivity index (χ2v) is 6.96. The van der Waals surface area contributed by atoms with Gasteiger partial charge in [0.2, 0.25) is 5.78 Å². The van der Waals surface area contributed by atoms with E-state index in [9.17, 15) is 19.2 Å². The van der Waals surface area contributed by atoms with Crippen LogP contribution >= 0.6 is 0 Å². The molecule has 0 fully saturated rings. The lowest BCUT2D eigenvalue weighted by Crippen LogP contribution is -2.37. The van der Waals surface area contributed by atoms with Crippen molar-refractivity contribution >= 4 is 17.6 Å². The van der Waals surface area contributed by atoms with Gasteiger partial charge in [0.05, 0.1) is 0 Å². The molecule has 0 bridgehead atoms. The Hall–Kier alpha value is -3.94. The molecule has 3 aromatic rings. The molecule has 1 heterocycles. The van der Waals surface area contributed by atoms with E-state index in [1.54, 1.807) is 48.5 Å². The summed E-state index contributed by atoms with van der Waals surface area (Å²) >= 11 is 0. The zero-order valence-corrected chi connectivity index (χ0v) is 17.0. The molecule has 8 heteroatoms. The van der Waals surface area contributed by atoms with Crippen LogP contribution in [0.2, 0.25) is 0 Å². The van der Waals surface area contributed by atoms with Gasteiger partial charge in [0.15, 0.2) is 6.61 Å². The first kappa shape index (κ1) is 21.8. The monoisotopic (exact) mass is 421 g/mol. The van der Waals surface area contributed by atoms with Gasteiger partial charge in [0.25, 0.3) is 5.56 Å². The first-order valence-corrected chi connectivity index (χ1v) is 9.86. The second-order valence-electron chi connectivity index (χ2n) is 6.96. The third-order valence-electron chi connectivity index (χ3n) is 4.81. The van der Waals surface area contributed by atoms with Gasteiger partial charge in [-0.2, -0.15) is 0 Å². The van der Waals surface area contributed by atoms with Gasteiger partial charge in [-0.15, -0.1) is 0 Å². The molecule has 160 valence electrons. The van der Waals surface area contributed by atoms with E-state index in [-0.39, 0.29) is 12.4 Å². The van der Waals surface area contributed by atoms with Crippen LogP contribution in [0, 0.1) is 0 Å². The smallest absolute Gasteiger partial charge is 0.329 e. The third-order valence-corrected chi connectivity index (χ3v) is 4.81. The van der Waals surface area contributed by atoms with Crippen LogP contribution in [0.3, 0.4) is 0 Å². The molecule has 3 N–H and O–H groups in total. The van der Waals surface area contributed by atoms with E-state index in [1.165, 1.54) is 0 Å². The Morgan fingerprint density at radius 2 is 1.55 bits per heavy atom. The molecule has 8 nitrogen and oxygen atoms in total. The molecule has 1 aromatic heterocycles. The van der Waals surface area contributed by atoms with Crippen LogP contribution in [0.15, 0.2) is 70.3 Å². The Bertz CT molecular complexity index is 1140. The summed E-state index contributed by atoms with van der Waals surface area (Å²) in [5.74, 6) is -2.39. The predicted molar refractivity (Wildman–Crippen MR) is 116 cm³/mol. The molecule has 0 spiro atoms. The number of nitrogens with two attached hydrogens (primary N) is 1. The number of ether oxygens (including phenoxy) is 1. The second kappa shape index (κ2) is 9.71. The molecule has 0 atom stereocenters. The van der Waals surface area contributed by atoms with Crippen molar-refractivity contribution in [3.63, 3.8) is 0 Å². The number of ketones is 1. The normalized spacial score (nSPS) is 10.8. The number of nitrogens with one attached hydrogen (secondary N) is 1. The number of aromatic nitrogens is 2. The van der Waals surface area contributed by atoms with Crippen molar-refractivity contribution in [2.24, 2.45) is 0 Å². The third kappa shape index (κ3) is 4.80. The van der Waals surface area contributed by atoms with E-state index in [4.69, 9.17) is 10.5 Å². The maximum atomic E-state index is 12.9. The highest BCUT2D eigenvalue weighted by atomic mass is 16.5. The first-order valence-electron chi connectivity index (χ1n) is 9.86. The number of nitrogens with zero attached hydrogens (tertiary/aromatic N) is 1. The summed E-state index contributed by atoms with van der Waals surface area (Å²) in [4.78, 5) is 51.8. The van der Waals surface area contributed by atoms with Gasteiger partial charge in [0.1, 0.15) is 17.3 Å². The van der Waals surface area contributed by atoms with Gasteiger partial charge in [-0.3, -0.25) is 23.9 Å². The first-order chi connectivity index (χ1) is 14.9. The summed E-state index contributed by atoms with van der Waals surface area (Å²) in [6.45, 7) is 1.39. The van der Waals surface area contributed by atoms with Crippen LogP contribution in [0.1, 0.15) is 40.7 Å². The Balaban J connectivity index is 1.85. The maximum Gasteiger partial charge on any atom is 0.329 e. The zero-order chi connectivity index (χ0) is 22.4. The number of esters is 1. The topological polar surface area (TPSA) is 124 Å². The Labute approximate surface area is 178 Å². The van der Waals surface area contributed by atoms with Gasteiger partial charge in [0, 0.05) is 6.54 Å². The van der Waals surface area contributed by atoms with Crippen molar-refractivity contribution in [3.05, 3.63) is 98.2 Å². The van der Waals surface area contributed by atoms with E-state index in [0.717, 1.165) is 4.57 Å². The Kier molecular flexibility index (Phi) is 6.81. The van der Waals surface area contributed by atoms with Crippen molar-refractivity contribution in [2.45, 2.75) is 25.8 Å². The van der Waals surface area contributed by atoms with Gasteiger partial charge < -0.3 is 10.5 Å². The van der Waals surface area contributed by atoms with Gasteiger partial charge in [-0.1, -0.05) is 67.6 Å². The number of H-pyrrole nitrogens is 1. The van der Waals surface area contributed by atoms with Crippen molar-refractivity contribution in [1.82, 2.24) is 9.55 Å². The van der Waals surface area contributed by atoms with Gasteiger partial charge in [-0.05, 0) is 17.5 Å². The van der Waals surface area contributed by atoms with Crippen molar-refractivity contribution in [3.8, 4) is 0 Å². The molecule has 0 radical (unpaired) electrons. The van der Waals surface area contributed by atoms with Crippen molar-refractivity contribution in [1.29, 1.82) is 0 Å². The lowest BCUT2D eigenvalue weighted by atomic mass is 9.91. The molecular formula is C23H23N3O5. The fourth-order valence-corrected chi connectivity index (χ4v) is 3.35. The molecule has 0 aliphatic carbocycles. The van der Waals surface area contributed by atoms with Crippen LogP contribution in [0.5, 0.6) is 0 Å². The number of anilines is 1. The fourth-order valence-electron chi connectivity index (χ4n) is 3.35. The quantitative estimate of drug-likeness (QED) is 0.424. The lowest BCUT2D eigenvalue weighted by molar-refractivity contribution is -0.143. The Morgan fingerprint density at radius 3 is 2.06 bits per heavy atom. The maximum absolute atomic E-state index is 12.9. The number of hydrogen-bond donors (Lipinski definition) is 2. The number of carbonyl (C=O) groups is 2. The molecule has 0 aliphatic rings. The average Bonchev–Trinajstić information content (AvgIpc) is 2.77. The molecule has 2 aromatic carbocycles. The number of aromatic amines is 1. The van der Waals surface area contributed by atoms with Crippen LogP contribution in [0.4, 0.5) is 5.82 Å². The number of carbonyl (C=O) groups excluding carboxylic acids is 2. The predicted octanol–water partition coefficient (Wildman–Crippen LogP) is 2.09. The molecule has 0 saturated heterocycles. The number of nitrogen functional groups attached to an aromatic ring is 1. The van der Waals surface area contributed by atoms with E-state index in [1.807, 2.05) is 19.1 Å². The minimum Gasteiger partial charge on any atom is -0.457 e. The van der Waals surface area contributed by atoms with Crippen LogP contribution in [0.25, 0.3) is 0 Å². The largest absolute Gasteiger partial charge is 0.457 e. The Morgan fingerprint density at radius 1 is 1.00 bits per heavy atom. The lowest BCUT2D eigenvalue weighted by Gasteiger charge is -2.17.